The number of carbonyl (C=O) groups excluding carboxylic acids is 1. The van der Waals surface area contributed by atoms with Gasteiger partial charge in [-0.2, -0.15) is 0 Å². The molecule has 62 heavy (non-hydrogen) atoms. The molecular weight excluding hydrogens is 812 g/mol. The Morgan fingerprint density at radius 3 is 1.89 bits per heavy atom. The summed E-state index contributed by atoms with van der Waals surface area (Å²) >= 11 is 0. The normalized spacial score (nSPS) is 55.1. The van der Waals surface area contributed by atoms with Crippen LogP contribution in [0.25, 0.3) is 0 Å². The molecule has 3 saturated carbocycles. The number of aliphatic hydroxyl groups is 9. The molecule has 7 fully saturated rings. The molecule has 0 aromatic rings. The molecule has 19 unspecified atom stereocenters. The molecule has 4 heterocycles. The Morgan fingerprint density at radius 2 is 1.24 bits per heavy atom. The highest BCUT2D eigenvalue weighted by Crippen LogP contribution is 2.67. The molecule has 17 heteroatoms. The van der Waals surface area contributed by atoms with Crippen molar-refractivity contribution < 1.29 is 83.9 Å². The summed E-state index contributed by atoms with van der Waals surface area (Å²) in [5, 5.41) is 94.4. The maximum atomic E-state index is 14.4. The molecule has 17 nitrogen and oxygen atoms in total. The van der Waals surface area contributed by atoms with E-state index in [1.807, 2.05) is 13.0 Å². The highest BCUT2D eigenvalue weighted by Gasteiger charge is 2.61. The van der Waals surface area contributed by atoms with Crippen molar-refractivity contribution in [2.45, 2.75) is 210 Å². The molecule has 0 bridgehead atoms. The first-order valence-corrected chi connectivity index (χ1v) is 23.2. The van der Waals surface area contributed by atoms with Gasteiger partial charge in [0, 0.05) is 11.8 Å². The maximum Gasteiger partial charge on any atom is 0.189 e. The molecule has 4 aliphatic carbocycles. The van der Waals surface area contributed by atoms with Crippen LogP contribution in [0, 0.1) is 46.3 Å². The lowest BCUT2D eigenvalue weighted by Gasteiger charge is -2.57. The molecule has 4 aliphatic heterocycles. The van der Waals surface area contributed by atoms with E-state index in [1.54, 1.807) is 6.92 Å². The zero-order valence-corrected chi connectivity index (χ0v) is 36.8. The van der Waals surface area contributed by atoms with Crippen molar-refractivity contribution in [1.82, 2.24) is 0 Å². The van der Waals surface area contributed by atoms with E-state index in [4.69, 9.17) is 33.2 Å². The van der Waals surface area contributed by atoms with Crippen LogP contribution >= 0.6 is 0 Å². The Bertz CT molecular complexity index is 1620. The molecule has 8 aliphatic rings. The first-order valence-electron chi connectivity index (χ1n) is 23.2. The summed E-state index contributed by atoms with van der Waals surface area (Å²) in [5.41, 5.74) is 0.899. The van der Waals surface area contributed by atoms with Gasteiger partial charge >= 0.3 is 0 Å². The number of hydrogen-bond acceptors (Lipinski definition) is 17. The van der Waals surface area contributed by atoms with Gasteiger partial charge in [0.05, 0.1) is 31.0 Å². The molecule has 8 rings (SSSR count). The number of allylic oxidation sites excluding steroid dienone is 2. The summed E-state index contributed by atoms with van der Waals surface area (Å²) in [6.45, 7) is 11.4. The van der Waals surface area contributed by atoms with Gasteiger partial charge in [0.25, 0.3) is 0 Å². The van der Waals surface area contributed by atoms with E-state index >= 15 is 0 Å². The SMILES string of the molecule is CC1OC(OC2C(O[C@H]3CC[C@@]4(C)C(C3)C(=O)C=C3C4CC[C@@]4(C)C3CCC4[C@H](C)[C@@H]3CC[C@@H](C)[C@H](OC4OC(C)C(O)C(O)C4O)O3)OC(CO)C(O)C2O)C(O)C(O)C1O. The Kier molecular flexibility index (Phi) is 13.8. The van der Waals surface area contributed by atoms with Crippen LogP contribution in [-0.4, -0.2) is 169 Å². The second-order valence-electron chi connectivity index (χ2n) is 20.7. The summed E-state index contributed by atoms with van der Waals surface area (Å²) in [4.78, 5) is 14.4. The smallest absolute Gasteiger partial charge is 0.189 e. The number of carbonyl (C=O) groups is 1. The van der Waals surface area contributed by atoms with Crippen LogP contribution in [0.4, 0.5) is 0 Å². The zero-order valence-electron chi connectivity index (χ0n) is 36.8. The van der Waals surface area contributed by atoms with Crippen molar-refractivity contribution >= 4 is 5.78 Å². The van der Waals surface area contributed by atoms with Crippen molar-refractivity contribution in [3.05, 3.63) is 11.6 Å². The first-order chi connectivity index (χ1) is 29.3. The van der Waals surface area contributed by atoms with Gasteiger partial charge in [-0.25, -0.2) is 0 Å². The van der Waals surface area contributed by atoms with Crippen LogP contribution in [-0.2, 0) is 38.0 Å². The summed E-state index contributed by atoms with van der Waals surface area (Å²) < 4.78 is 42.6. The summed E-state index contributed by atoms with van der Waals surface area (Å²) in [6.07, 6.45) is -12.1. The number of fused-ring (bicyclic) bond motifs is 5. The van der Waals surface area contributed by atoms with E-state index in [0.717, 1.165) is 38.5 Å². The number of hydrogen-bond donors (Lipinski definition) is 9. The van der Waals surface area contributed by atoms with Gasteiger partial charge in [-0.3, -0.25) is 4.79 Å². The Labute approximate surface area is 363 Å². The van der Waals surface area contributed by atoms with Gasteiger partial charge in [-0.05, 0) is 112 Å². The minimum Gasteiger partial charge on any atom is -0.394 e. The average Bonchev–Trinajstić information content (AvgIpc) is 3.60. The highest BCUT2D eigenvalue weighted by molar-refractivity contribution is 5.94. The largest absolute Gasteiger partial charge is 0.394 e. The van der Waals surface area contributed by atoms with Crippen LogP contribution in [0.5, 0.6) is 0 Å². The summed E-state index contributed by atoms with van der Waals surface area (Å²) in [5.74, 6) is 0.751. The second-order valence-corrected chi connectivity index (χ2v) is 20.7. The maximum absolute atomic E-state index is 14.4. The van der Waals surface area contributed by atoms with Gasteiger partial charge in [-0.1, -0.05) is 33.3 Å². The fourth-order valence-corrected chi connectivity index (χ4v) is 13.1. The minimum atomic E-state index is -1.68. The first kappa shape index (κ1) is 47.3. The molecule has 0 radical (unpaired) electrons. The summed E-state index contributed by atoms with van der Waals surface area (Å²) in [7, 11) is 0. The third kappa shape index (κ3) is 8.19. The van der Waals surface area contributed by atoms with E-state index in [1.165, 1.54) is 12.5 Å². The van der Waals surface area contributed by atoms with E-state index in [-0.39, 0.29) is 52.3 Å². The molecule has 0 amide bonds. The third-order valence-electron chi connectivity index (χ3n) is 17.2. The van der Waals surface area contributed by atoms with Crippen molar-refractivity contribution in [2.24, 2.45) is 46.3 Å². The predicted octanol–water partition coefficient (Wildman–Crippen LogP) is 0.403. The minimum absolute atomic E-state index is 0.0327. The molecule has 0 spiro atoms. The quantitative estimate of drug-likeness (QED) is 0.152. The lowest BCUT2D eigenvalue weighted by Crippen LogP contribution is -2.64. The van der Waals surface area contributed by atoms with E-state index in [0.29, 0.717) is 25.2 Å². The van der Waals surface area contributed by atoms with Gasteiger partial charge in [0.15, 0.2) is 30.9 Å². The Balaban J connectivity index is 0.936. The molecule has 26 atom stereocenters. The van der Waals surface area contributed by atoms with E-state index in [9.17, 15) is 50.8 Å². The monoisotopic (exact) mass is 884 g/mol. The van der Waals surface area contributed by atoms with Crippen molar-refractivity contribution in [3.8, 4) is 0 Å². The molecule has 9 N–H and O–H groups in total. The van der Waals surface area contributed by atoms with Crippen molar-refractivity contribution in [2.75, 3.05) is 6.61 Å². The fraction of sp³-hybridized carbons (Fsp3) is 0.933. The van der Waals surface area contributed by atoms with E-state index in [2.05, 4.69) is 20.8 Å². The standard InChI is InChI=1S/C45H72O17/c1-18-7-10-29(59-40(18)62-42-38(55)35(52)32(49)21(4)57-42)19(2)24-8-9-25-23-16-28(47)27-15-22(11-13-45(27,6)26(23)12-14-44(24,25)5)58-43-39(36(53)33(50)30(17-46)60-43)61-41-37(54)34(51)31(48)20(3)56-41/h16,18-22,24-27,29-43,46,48-55H,7-15,17H2,1-6H3/t18-,19+,20?,21?,22+,24?,25?,26?,27?,29+,30?,31?,32?,33?,34?,35?,36?,37?,38?,39?,40+,41?,42?,43?,44-,45-/m1/s1. The van der Waals surface area contributed by atoms with Crippen molar-refractivity contribution in [1.29, 1.82) is 0 Å². The molecule has 0 aromatic heterocycles. The van der Waals surface area contributed by atoms with Crippen LogP contribution in [0.3, 0.4) is 0 Å². The predicted molar refractivity (Wildman–Crippen MR) is 215 cm³/mol. The third-order valence-corrected chi connectivity index (χ3v) is 17.2. The number of aliphatic hydroxyl groups excluding tert-OH is 9. The molecule has 4 saturated heterocycles. The Morgan fingerprint density at radius 1 is 0.629 bits per heavy atom. The van der Waals surface area contributed by atoms with Gasteiger partial charge in [0.2, 0.25) is 0 Å². The molecular formula is C45H72O17. The van der Waals surface area contributed by atoms with Crippen LogP contribution in [0.2, 0.25) is 0 Å². The Hall–Kier alpha value is -1.23. The van der Waals surface area contributed by atoms with Gasteiger partial charge in [-0.15, -0.1) is 0 Å². The van der Waals surface area contributed by atoms with Gasteiger partial charge in [0.1, 0.15) is 61.0 Å². The topological polar surface area (TPSA) is 264 Å². The van der Waals surface area contributed by atoms with Crippen LogP contribution in [0.15, 0.2) is 11.6 Å². The van der Waals surface area contributed by atoms with E-state index < -0.39 is 111 Å². The number of ketones is 1. The number of ether oxygens (including phenoxy) is 7. The second kappa shape index (κ2) is 18.1. The molecule has 0 aromatic carbocycles. The van der Waals surface area contributed by atoms with Crippen LogP contribution < -0.4 is 0 Å². The van der Waals surface area contributed by atoms with Crippen molar-refractivity contribution in [3.63, 3.8) is 0 Å². The average molecular weight is 885 g/mol. The lowest BCUT2D eigenvalue weighted by atomic mass is 9.47. The zero-order chi connectivity index (χ0) is 44.7. The lowest BCUT2D eigenvalue weighted by molar-refractivity contribution is -0.370. The number of rotatable bonds is 9. The van der Waals surface area contributed by atoms with Gasteiger partial charge < -0.3 is 79.1 Å². The summed E-state index contributed by atoms with van der Waals surface area (Å²) in [6, 6.07) is 0. The highest BCUT2D eigenvalue weighted by atomic mass is 16.8. The fourth-order valence-electron chi connectivity index (χ4n) is 13.1. The van der Waals surface area contributed by atoms with Crippen LogP contribution in [0.1, 0.15) is 99.3 Å². The molecule has 354 valence electrons.